The molecule has 0 unspecified atom stereocenters. The maximum atomic E-state index is 12.9. The number of amides is 2. The summed E-state index contributed by atoms with van der Waals surface area (Å²) in [5, 5.41) is 23.5. The van der Waals surface area contributed by atoms with Gasteiger partial charge in [-0.2, -0.15) is 5.01 Å². The van der Waals surface area contributed by atoms with E-state index in [1.807, 2.05) is 6.92 Å². The Balaban J connectivity index is 1.53. The third-order valence-electron chi connectivity index (χ3n) is 5.11. The van der Waals surface area contributed by atoms with Crippen LogP contribution in [0, 0.1) is 27.2 Å². The number of nitrogens with zero attached hydrogens (tertiary/aromatic N) is 3. The Morgan fingerprint density at radius 2 is 1.87 bits per heavy atom. The van der Waals surface area contributed by atoms with Crippen LogP contribution in [0.4, 0.5) is 11.4 Å². The molecule has 1 aliphatic rings. The summed E-state index contributed by atoms with van der Waals surface area (Å²) in [5.41, 5.74) is 2.99. The zero-order valence-electron chi connectivity index (χ0n) is 19.2. The van der Waals surface area contributed by atoms with Gasteiger partial charge in [-0.15, -0.1) is 0 Å². The van der Waals surface area contributed by atoms with Gasteiger partial charge in [-0.25, -0.2) is 0 Å². The van der Waals surface area contributed by atoms with Crippen molar-refractivity contribution in [2.45, 2.75) is 6.92 Å². The molecule has 1 aliphatic heterocycles. The molecule has 38 heavy (non-hydrogen) atoms. The molecule has 1 saturated heterocycles. The van der Waals surface area contributed by atoms with Gasteiger partial charge in [0.25, 0.3) is 17.5 Å². The summed E-state index contributed by atoms with van der Waals surface area (Å²) in [6, 6.07) is 14.2. The van der Waals surface area contributed by atoms with Gasteiger partial charge in [0.1, 0.15) is 5.75 Å². The summed E-state index contributed by atoms with van der Waals surface area (Å²) < 4.78 is 5.71. The van der Waals surface area contributed by atoms with E-state index in [1.54, 1.807) is 30.3 Å². The molecule has 0 bridgehead atoms. The molecule has 2 amide bonds. The Labute approximate surface area is 229 Å². The first-order valence-corrected chi connectivity index (χ1v) is 12.2. The molecular weight excluding hydrogens is 556 g/mol. The molecule has 3 aromatic carbocycles. The van der Waals surface area contributed by atoms with E-state index in [0.29, 0.717) is 5.56 Å². The highest BCUT2D eigenvalue weighted by molar-refractivity contribution is 8.26. The van der Waals surface area contributed by atoms with Crippen molar-refractivity contribution >= 4 is 69.2 Å². The first-order chi connectivity index (χ1) is 18.0. The Hall–Kier alpha value is -4.33. The molecule has 11 nitrogen and oxygen atoms in total. The Kier molecular flexibility index (Phi) is 7.71. The van der Waals surface area contributed by atoms with Crippen molar-refractivity contribution in [3.05, 3.63) is 108 Å². The topological polar surface area (TPSA) is 145 Å². The number of thiocarbonyl (C=S) groups is 1. The largest absolute Gasteiger partial charge is 0.450 e. The van der Waals surface area contributed by atoms with Gasteiger partial charge in [-0.1, -0.05) is 41.6 Å². The second-order valence-corrected chi connectivity index (χ2v) is 9.87. The predicted octanol–water partition coefficient (Wildman–Crippen LogP) is 5.80. The van der Waals surface area contributed by atoms with Gasteiger partial charge in [0.15, 0.2) is 4.32 Å². The molecule has 0 spiro atoms. The minimum atomic E-state index is -0.782. The van der Waals surface area contributed by atoms with Crippen LogP contribution in [0.15, 0.2) is 65.6 Å². The number of benzene rings is 3. The van der Waals surface area contributed by atoms with Gasteiger partial charge in [0.2, 0.25) is 5.75 Å². The maximum absolute atomic E-state index is 12.9. The molecule has 0 aromatic heterocycles. The van der Waals surface area contributed by atoms with E-state index in [9.17, 15) is 29.8 Å². The van der Waals surface area contributed by atoms with E-state index in [1.165, 1.54) is 18.2 Å². The Morgan fingerprint density at radius 1 is 1.11 bits per heavy atom. The van der Waals surface area contributed by atoms with E-state index >= 15 is 0 Å². The second-order valence-electron chi connectivity index (χ2n) is 7.78. The Bertz CT molecular complexity index is 1560. The minimum absolute atomic E-state index is 0.103. The monoisotopic (exact) mass is 570 g/mol. The van der Waals surface area contributed by atoms with Gasteiger partial charge >= 0.3 is 5.69 Å². The highest BCUT2D eigenvalue weighted by Crippen LogP contribution is 2.36. The molecule has 0 radical (unpaired) electrons. The number of thioether (sulfide) groups is 1. The molecule has 0 saturated carbocycles. The summed E-state index contributed by atoms with van der Waals surface area (Å²) >= 11 is 12.4. The van der Waals surface area contributed by atoms with Crippen molar-refractivity contribution in [1.29, 1.82) is 0 Å². The number of non-ortho nitro benzene ring substituents is 1. The predicted molar refractivity (Wildman–Crippen MR) is 145 cm³/mol. The molecule has 4 rings (SSSR count). The number of hydrazine groups is 1. The molecule has 0 atom stereocenters. The van der Waals surface area contributed by atoms with E-state index in [-0.39, 0.29) is 31.3 Å². The SMILES string of the molecule is Cc1ccc(C(=O)NN2C(=O)/C(=C\c3cccc(Oc4ccc([N+](=O)[O-])cc4[N+](=O)[O-])c3)SC2=S)c(Cl)c1. The third-order valence-corrected chi connectivity index (χ3v) is 6.72. The molecule has 1 N–H and O–H groups in total. The van der Waals surface area contributed by atoms with Crippen LogP contribution in [0.5, 0.6) is 11.5 Å². The fraction of sp³-hybridized carbons (Fsp3) is 0.0417. The fourth-order valence-electron chi connectivity index (χ4n) is 3.32. The average molecular weight is 571 g/mol. The number of rotatable bonds is 7. The van der Waals surface area contributed by atoms with Crippen LogP contribution >= 0.6 is 35.6 Å². The van der Waals surface area contributed by atoms with E-state index in [2.05, 4.69) is 5.43 Å². The minimum Gasteiger partial charge on any atom is -0.450 e. The lowest BCUT2D eigenvalue weighted by molar-refractivity contribution is -0.394. The van der Waals surface area contributed by atoms with Crippen LogP contribution in [-0.4, -0.2) is 31.0 Å². The van der Waals surface area contributed by atoms with Gasteiger partial charge in [-0.05, 0) is 66.7 Å². The highest BCUT2D eigenvalue weighted by atomic mass is 35.5. The summed E-state index contributed by atoms with van der Waals surface area (Å²) in [5.74, 6) is -1.17. The van der Waals surface area contributed by atoms with Crippen molar-refractivity contribution in [1.82, 2.24) is 10.4 Å². The van der Waals surface area contributed by atoms with Crippen LogP contribution < -0.4 is 10.2 Å². The van der Waals surface area contributed by atoms with Gasteiger partial charge in [0, 0.05) is 6.07 Å². The molecule has 192 valence electrons. The average Bonchev–Trinajstić information content (AvgIpc) is 3.11. The number of hydrogen-bond acceptors (Lipinski definition) is 9. The first kappa shape index (κ1) is 26.7. The quantitative estimate of drug-likeness (QED) is 0.161. The molecular formula is C24H15ClN4O7S2. The number of ether oxygens (including phenoxy) is 1. The van der Waals surface area contributed by atoms with E-state index in [4.69, 9.17) is 28.6 Å². The van der Waals surface area contributed by atoms with Crippen molar-refractivity contribution < 1.29 is 24.2 Å². The van der Waals surface area contributed by atoms with Crippen molar-refractivity contribution in [3.63, 3.8) is 0 Å². The third kappa shape index (κ3) is 5.80. The standard InChI is InChI=1S/C24H15ClN4O7S2/c1-13-5-7-17(18(25)9-13)22(30)26-27-23(31)21(38-24(27)37)11-14-3-2-4-16(10-14)36-20-8-6-15(28(32)33)12-19(20)29(34)35/h2-12H,1H3,(H,26,30)/b21-11+. The van der Waals surface area contributed by atoms with Crippen LogP contribution in [-0.2, 0) is 4.79 Å². The second kappa shape index (κ2) is 11.0. The summed E-state index contributed by atoms with van der Waals surface area (Å²) in [6.45, 7) is 1.83. The number of halogens is 1. The fourth-order valence-corrected chi connectivity index (χ4v) is 4.82. The zero-order chi connectivity index (χ0) is 27.6. The lowest BCUT2D eigenvalue weighted by Gasteiger charge is -2.16. The lowest BCUT2D eigenvalue weighted by atomic mass is 10.1. The van der Waals surface area contributed by atoms with Gasteiger partial charge in [0.05, 0.1) is 31.4 Å². The number of hydrogen-bond donors (Lipinski definition) is 1. The summed E-state index contributed by atoms with van der Waals surface area (Å²) in [6.07, 6.45) is 1.52. The summed E-state index contributed by atoms with van der Waals surface area (Å²) in [7, 11) is 0. The van der Waals surface area contributed by atoms with Gasteiger partial charge < -0.3 is 4.74 Å². The first-order valence-electron chi connectivity index (χ1n) is 10.6. The number of nitro benzene ring substituents is 2. The molecule has 14 heteroatoms. The van der Waals surface area contributed by atoms with Crippen LogP contribution in [0.25, 0.3) is 6.08 Å². The normalized spacial score (nSPS) is 14.1. The molecule has 1 fully saturated rings. The summed E-state index contributed by atoms with van der Waals surface area (Å²) in [4.78, 5) is 46.6. The number of aryl methyl sites for hydroxylation is 1. The smallest absolute Gasteiger partial charge is 0.318 e. The van der Waals surface area contributed by atoms with Crippen LogP contribution in [0.1, 0.15) is 21.5 Å². The lowest BCUT2D eigenvalue weighted by Crippen LogP contribution is -2.44. The number of nitro groups is 2. The van der Waals surface area contributed by atoms with E-state index in [0.717, 1.165) is 40.5 Å². The van der Waals surface area contributed by atoms with Gasteiger partial charge in [-0.3, -0.25) is 35.2 Å². The number of nitrogens with one attached hydrogen (secondary N) is 1. The number of carbonyl (C=O) groups excluding carboxylic acids is 2. The maximum Gasteiger partial charge on any atom is 0.318 e. The van der Waals surface area contributed by atoms with Crippen LogP contribution in [0.3, 0.4) is 0 Å². The van der Waals surface area contributed by atoms with Crippen molar-refractivity contribution in [2.24, 2.45) is 0 Å². The molecule has 0 aliphatic carbocycles. The molecule has 1 heterocycles. The zero-order valence-corrected chi connectivity index (χ0v) is 21.6. The highest BCUT2D eigenvalue weighted by Gasteiger charge is 2.34. The van der Waals surface area contributed by atoms with Crippen LogP contribution in [0.2, 0.25) is 5.02 Å². The molecule has 3 aromatic rings. The van der Waals surface area contributed by atoms with Crippen molar-refractivity contribution in [2.75, 3.05) is 0 Å². The Morgan fingerprint density at radius 3 is 2.55 bits per heavy atom. The van der Waals surface area contributed by atoms with Crippen molar-refractivity contribution in [3.8, 4) is 11.5 Å². The van der Waals surface area contributed by atoms with E-state index < -0.39 is 33.0 Å². The number of carbonyl (C=O) groups is 2.